The second kappa shape index (κ2) is 5.85. The molecule has 1 N–H and O–H groups in total. The number of para-hydroxylation sites is 1. The zero-order valence-corrected chi connectivity index (χ0v) is 11.1. The fraction of sp³-hybridized carbons (Fsp3) is 0.500. The average molecular weight is 244 g/mol. The lowest BCUT2D eigenvalue weighted by molar-refractivity contribution is 0.204. The molecule has 1 heterocycles. The van der Waals surface area contributed by atoms with Crippen molar-refractivity contribution in [3.05, 3.63) is 29.8 Å². The lowest BCUT2D eigenvalue weighted by atomic mass is 10.1. The summed E-state index contributed by atoms with van der Waals surface area (Å²) in [4.78, 5) is 4.55. The molecule has 1 aromatic carbocycles. The average Bonchev–Trinajstić information content (AvgIpc) is 2.41. The Kier molecular flexibility index (Phi) is 4.19. The molecule has 0 aromatic heterocycles. The SMILES string of the molecule is CN(CC1CNCCN1C)c1ccccc1C#N. The minimum Gasteiger partial charge on any atom is -0.372 e. The number of nitriles is 1. The molecule has 4 heteroatoms. The van der Waals surface area contributed by atoms with Crippen molar-refractivity contribution in [3.8, 4) is 6.07 Å². The smallest absolute Gasteiger partial charge is 0.101 e. The van der Waals surface area contributed by atoms with Crippen LogP contribution in [-0.4, -0.2) is 51.2 Å². The Hall–Kier alpha value is -1.57. The van der Waals surface area contributed by atoms with Crippen LogP contribution in [0.5, 0.6) is 0 Å². The molecule has 0 bridgehead atoms. The molecule has 18 heavy (non-hydrogen) atoms. The van der Waals surface area contributed by atoms with Crippen molar-refractivity contribution >= 4 is 5.69 Å². The minimum absolute atomic E-state index is 0.496. The third-order valence-electron chi connectivity index (χ3n) is 3.56. The summed E-state index contributed by atoms with van der Waals surface area (Å²) in [7, 11) is 4.22. The van der Waals surface area contributed by atoms with E-state index in [4.69, 9.17) is 5.26 Å². The zero-order valence-electron chi connectivity index (χ0n) is 11.1. The highest BCUT2D eigenvalue weighted by Gasteiger charge is 2.20. The summed E-state index contributed by atoms with van der Waals surface area (Å²) in [6, 6.07) is 10.5. The summed E-state index contributed by atoms with van der Waals surface area (Å²) < 4.78 is 0. The Labute approximate surface area is 109 Å². The maximum Gasteiger partial charge on any atom is 0.101 e. The van der Waals surface area contributed by atoms with Crippen molar-refractivity contribution in [3.63, 3.8) is 0 Å². The van der Waals surface area contributed by atoms with Gasteiger partial charge in [-0.1, -0.05) is 12.1 Å². The van der Waals surface area contributed by atoms with E-state index in [1.807, 2.05) is 24.3 Å². The van der Waals surface area contributed by atoms with Gasteiger partial charge in [0.1, 0.15) is 6.07 Å². The lowest BCUT2D eigenvalue weighted by Gasteiger charge is -2.36. The molecule has 96 valence electrons. The quantitative estimate of drug-likeness (QED) is 0.858. The number of piperazine rings is 1. The molecule has 0 radical (unpaired) electrons. The molecule has 0 amide bonds. The van der Waals surface area contributed by atoms with E-state index in [1.165, 1.54) is 0 Å². The van der Waals surface area contributed by atoms with Crippen LogP contribution in [0.2, 0.25) is 0 Å². The Morgan fingerprint density at radius 2 is 2.28 bits per heavy atom. The molecule has 1 aliphatic rings. The number of nitrogens with one attached hydrogen (secondary N) is 1. The second-order valence-corrected chi connectivity index (χ2v) is 4.85. The first kappa shape index (κ1) is 12.9. The monoisotopic (exact) mass is 244 g/mol. The summed E-state index contributed by atoms with van der Waals surface area (Å²) in [5.41, 5.74) is 1.75. The molecule has 0 saturated carbocycles. The van der Waals surface area contributed by atoms with Gasteiger partial charge in [-0.3, -0.25) is 4.90 Å². The van der Waals surface area contributed by atoms with Crippen molar-refractivity contribution in [1.82, 2.24) is 10.2 Å². The highest BCUT2D eigenvalue weighted by atomic mass is 15.2. The predicted molar refractivity (Wildman–Crippen MR) is 73.7 cm³/mol. The Morgan fingerprint density at radius 1 is 1.50 bits per heavy atom. The molecule has 2 rings (SSSR count). The van der Waals surface area contributed by atoms with E-state index < -0.39 is 0 Å². The molecule has 0 spiro atoms. The summed E-state index contributed by atoms with van der Waals surface area (Å²) >= 11 is 0. The van der Waals surface area contributed by atoms with Crippen LogP contribution in [0.15, 0.2) is 24.3 Å². The van der Waals surface area contributed by atoms with Gasteiger partial charge in [0.15, 0.2) is 0 Å². The molecule has 1 aromatic rings. The minimum atomic E-state index is 0.496. The van der Waals surface area contributed by atoms with Crippen LogP contribution in [0.1, 0.15) is 5.56 Å². The molecular weight excluding hydrogens is 224 g/mol. The number of anilines is 1. The van der Waals surface area contributed by atoms with Crippen LogP contribution < -0.4 is 10.2 Å². The summed E-state index contributed by atoms with van der Waals surface area (Å²) in [6.45, 7) is 4.08. The molecule has 1 fully saturated rings. The zero-order chi connectivity index (χ0) is 13.0. The highest BCUT2D eigenvalue weighted by molar-refractivity contribution is 5.58. The van der Waals surface area contributed by atoms with Crippen LogP contribution in [-0.2, 0) is 0 Å². The molecule has 1 saturated heterocycles. The Morgan fingerprint density at radius 3 is 3.00 bits per heavy atom. The fourth-order valence-electron chi connectivity index (χ4n) is 2.38. The van der Waals surface area contributed by atoms with Gasteiger partial charge >= 0.3 is 0 Å². The molecule has 4 nitrogen and oxygen atoms in total. The van der Waals surface area contributed by atoms with Gasteiger partial charge in [0.05, 0.1) is 11.3 Å². The van der Waals surface area contributed by atoms with Crippen molar-refractivity contribution in [2.24, 2.45) is 0 Å². The maximum absolute atomic E-state index is 9.13. The van der Waals surface area contributed by atoms with Gasteiger partial charge < -0.3 is 10.2 Å². The van der Waals surface area contributed by atoms with E-state index >= 15 is 0 Å². The van der Waals surface area contributed by atoms with E-state index in [1.54, 1.807) is 0 Å². The number of rotatable bonds is 3. The van der Waals surface area contributed by atoms with Crippen LogP contribution in [0, 0.1) is 11.3 Å². The molecule has 1 aliphatic heterocycles. The third-order valence-corrected chi connectivity index (χ3v) is 3.56. The molecular formula is C14H20N4. The van der Waals surface area contributed by atoms with Crippen LogP contribution in [0.25, 0.3) is 0 Å². The van der Waals surface area contributed by atoms with Gasteiger partial charge in [-0.15, -0.1) is 0 Å². The standard InChI is InChI=1S/C14H20N4/c1-17-8-7-16-10-13(17)11-18(2)14-6-4-3-5-12(14)9-15/h3-6,13,16H,7-8,10-11H2,1-2H3. The second-order valence-electron chi connectivity index (χ2n) is 4.85. The predicted octanol–water partition coefficient (Wildman–Crippen LogP) is 0.898. The molecule has 1 unspecified atom stereocenters. The van der Waals surface area contributed by atoms with Crippen LogP contribution >= 0.6 is 0 Å². The van der Waals surface area contributed by atoms with Crippen molar-refractivity contribution in [2.75, 3.05) is 45.2 Å². The number of likely N-dealkylation sites (N-methyl/N-ethyl adjacent to an activating group) is 2. The van der Waals surface area contributed by atoms with Gasteiger partial charge in [0.25, 0.3) is 0 Å². The number of hydrogen-bond acceptors (Lipinski definition) is 4. The fourth-order valence-corrected chi connectivity index (χ4v) is 2.38. The van der Waals surface area contributed by atoms with Gasteiger partial charge in [-0.05, 0) is 19.2 Å². The van der Waals surface area contributed by atoms with Crippen molar-refractivity contribution in [1.29, 1.82) is 5.26 Å². The number of benzene rings is 1. The Balaban J connectivity index is 2.07. The lowest BCUT2D eigenvalue weighted by Crippen LogP contribution is -2.53. The van der Waals surface area contributed by atoms with Crippen molar-refractivity contribution in [2.45, 2.75) is 6.04 Å². The van der Waals surface area contributed by atoms with Crippen molar-refractivity contribution < 1.29 is 0 Å². The van der Waals surface area contributed by atoms with Gasteiger partial charge in [-0.2, -0.15) is 5.26 Å². The van der Waals surface area contributed by atoms with E-state index in [2.05, 4.69) is 35.3 Å². The third kappa shape index (κ3) is 2.81. The highest BCUT2D eigenvalue weighted by Crippen LogP contribution is 2.19. The first-order valence-electron chi connectivity index (χ1n) is 6.33. The van der Waals surface area contributed by atoms with Gasteiger partial charge in [0, 0.05) is 39.3 Å². The van der Waals surface area contributed by atoms with Gasteiger partial charge in [0.2, 0.25) is 0 Å². The first-order chi connectivity index (χ1) is 8.72. The van der Waals surface area contributed by atoms with Crippen LogP contribution in [0.3, 0.4) is 0 Å². The van der Waals surface area contributed by atoms with E-state index in [0.29, 0.717) is 6.04 Å². The summed E-state index contributed by atoms with van der Waals surface area (Å²) in [5.74, 6) is 0. The van der Waals surface area contributed by atoms with E-state index in [-0.39, 0.29) is 0 Å². The van der Waals surface area contributed by atoms with E-state index in [0.717, 1.165) is 37.4 Å². The topological polar surface area (TPSA) is 42.3 Å². The molecule has 1 atom stereocenters. The van der Waals surface area contributed by atoms with E-state index in [9.17, 15) is 0 Å². The summed E-state index contributed by atoms with van der Waals surface area (Å²) in [5, 5.41) is 12.5. The largest absolute Gasteiger partial charge is 0.372 e. The number of nitrogens with zero attached hydrogens (tertiary/aromatic N) is 3. The number of hydrogen-bond donors (Lipinski definition) is 1. The Bertz CT molecular complexity index is 438. The molecule has 0 aliphatic carbocycles. The first-order valence-corrected chi connectivity index (χ1v) is 6.33. The van der Waals surface area contributed by atoms with Crippen LogP contribution in [0.4, 0.5) is 5.69 Å². The van der Waals surface area contributed by atoms with Gasteiger partial charge in [-0.25, -0.2) is 0 Å². The normalized spacial score (nSPS) is 20.4. The maximum atomic E-state index is 9.13. The summed E-state index contributed by atoms with van der Waals surface area (Å²) in [6.07, 6.45) is 0.